The van der Waals surface area contributed by atoms with Crippen molar-refractivity contribution in [3.05, 3.63) is 64.2 Å². The first-order chi connectivity index (χ1) is 11.3. The van der Waals surface area contributed by atoms with Gasteiger partial charge in [0.1, 0.15) is 0 Å². The van der Waals surface area contributed by atoms with Gasteiger partial charge in [-0.05, 0) is 36.6 Å². The molecule has 6 nitrogen and oxygen atoms in total. The third kappa shape index (κ3) is 3.41. The number of rotatable bonds is 6. The molecule has 128 valence electrons. The highest BCUT2D eigenvalue weighted by Gasteiger charge is 2.30. The number of hydrogen-bond acceptors (Lipinski definition) is 4. The van der Waals surface area contributed by atoms with Crippen LogP contribution in [-0.4, -0.2) is 19.9 Å². The molecule has 7 heteroatoms. The van der Waals surface area contributed by atoms with Crippen molar-refractivity contribution in [3.8, 4) is 0 Å². The van der Waals surface area contributed by atoms with E-state index in [-0.39, 0.29) is 11.4 Å². The Morgan fingerprint density at radius 3 is 2.17 bits per heavy atom. The molecule has 0 saturated carbocycles. The lowest BCUT2D eigenvalue weighted by molar-refractivity contribution is -0.387. The van der Waals surface area contributed by atoms with Crippen molar-refractivity contribution in [2.24, 2.45) is 0 Å². The summed E-state index contributed by atoms with van der Waals surface area (Å²) in [5, 5.41) is 11.2. The van der Waals surface area contributed by atoms with E-state index in [0.29, 0.717) is 11.6 Å². The Kier molecular flexibility index (Phi) is 5.23. The van der Waals surface area contributed by atoms with Crippen molar-refractivity contribution in [1.29, 1.82) is 0 Å². The summed E-state index contributed by atoms with van der Waals surface area (Å²) in [4.78, 5) is 10.2. The van der Waals surface area contributed by atoms with Gasteiger partial charge in [0.15, 0.2) is 4.90 Å². The molecule has 0 saturated heterocycles. The molecule has 0 radical (unpaired) electrons. The topological polar surface area (TPSA) is 80.5 Å². The molecule has 0 aromatic heterocycles. The van der Waals surface area contributed by atoms with E-state index in [2.05, 4.69) is 13.8 Å². The molecule has 0 N–H and O–H groups in total. The summed E-state index contributed by atoms with van der Waals surface area (Å²) in [6.07, 6.45) is 0. The van der Waals surface area contributed by atoms with Crippen LogP contribution in [0, 0.1) is 10.1 Å². The van der Waals surface area contributed by atoms with Crippen LogP contribution in [-0.2, 0) is 10.0 Å². The number of benzene rings is 2. The average molecular weight is 348 g/mol. The Morgan fingerprint density at radius 1 is 1.08 bits per heavy atom. The van der Waals surface area contributed by atoms with E-state index in [4.69, 9.17) is 0 Å². The number of para-hydroxylation sites is 1. The third-order valence-corrected chi connectivity index (χ3v) is 5.72. The van der Waals surface area contributed by atoms with Crippen LogP contribution in [0.15, 0.2) is 53.4 Å². The molecule has 0 aliphatic carbocycles. The summed E-state index contributed by atoms with van der Waals surface area (Å²) in [5.74, 6) is 0.334. The predicted octanol–water partition coefficient (Wildman–Crippen LogP) is 3.93. The highest BCUT2D eigenvalue weighted by Crippen LogP contribution is 2.30. The maximum Gasteiger partial charge on any atom is 0.289 e. The summed E-state index contributed by atoms with van der Waals surface area (Å²) in [5.41, 5.74) is 1.16. The lowest BCUT2D eigenvalue weighted by Crippen LogP contribution is -2.31. The van der Waals surface area contributed by atoms with Crippen molar-refractivity contribution >= 4 is 21.4 Å². The number of nitro groups is 1. The van der Waals surface area contributed by atoms with Gasteiger partial charge in [-0.3, -0.25) is 14.4 Å². The molecule has 0 spiro atoms. The molecule has 2 aromatic carbocycles. The van der Waals surface area contributed by atoms with Crippen molar-refractivity contribution in [2.45, 2.75) is 31.6 Å². The first kappa shape index (κ1) is 17.9. The van der Waals surface area contributed by atoms with Gasteiger partial charge in [0.05, 0.1) is 10.6 Å². The van der Waals surface area contributed by atoms with E-state index in [1.165, 1.54) is 28.6 Å². The van der Waals surface area contributed by atoms with Gasteiger partial charge < -0.3 is 0 Å². The summed E-state index contributed by atoms with van der Waals surface area (Å²) in [7, 11) is -4.02. The van der Waals surface area contributed by atoms with Crippen molar-refractivity contribution < 1.29 is 13.3 Å². The van der Waals surface area contributed by atoms with Crippen LogP contribution in [0.4, 0.5) is 11.4 Å². The summed E-state index contributed by atoms with van der Waals surface area (Å²) in [6, 6.07) is 12.6. The van der Waals surface area contributed by atoms with Crippen molar-refractivity contribution in [1.82, 2.24) is 0 Å². The Hall–Kier alpha value is -2.41. The number of anilines is 1. The molecule has 0 atom stereocenters. The highest BCUT2D eigenvalue weighted by atomic mass is 32.2. The van der Waals surface area contributed by atoms with Gasteiger partial charge in [0.2, 0.25) is 0 Å². The summed E-state index contributed by atoms with van der Waals surface area (Å²) < 4.78 is 27.0. The predicted molar refractivity (Wildman–Crippen MR) is 93.8 cm³/mol. The Morgan fingerprint density at radius 2 is 1.67 bits per heavy atom. The minimum Gasteiger partial charge on any atom is -0.266 e. The normalized spacial score (nSPS) is 11.5. The first-order valence-electron chi connectivity index (χ1n) is 7.65. The van der Waals surface area contributed by atoms with Crippen LogP contribution in [0.25, 0.3) is 0 Å². The zero-order valence-electron chi connectivity index (χ0n) is 13.8. The monoisotopic (exact) mass is 348 g/mol. The maximum atomic E-state index is 12.9. The Labute approximate surface area is 141 Å². The van der Waals surface area contributed by atoms with Gasteiger partial charge >= 0.3 is 0 Å². The van der Waals surface area contributed by atoms with Crippen LogP contribution < -0.4 is 4.31 Å². The number of nitrogens with zero attached hydrogens (tertiary/aromatic N) is 2. The van der Waals surface area contributed by atoms with E-state index in [9.17, 15) is 18.5 Å². The van der Waals surface area contributed by atoms with Gasteiger partial charge in [-0.15, -0.1) is 0 Å². The lowest BCUT2D eigenvalue weighted by atomic mass is 10.0. The summed E-state index contributed by atoms with van der Waals surface area (Å²) >= 11 is 0. The molecule has 0 unspecified atom stereocenters. The van der Waals surface area contributed by atoms with Gasteiger partial charge in [-0.25, -0.2) is 8.42 Å². The Balaban J connectivity index is 2.52. The minimum atomic E-state index is -4.02. The number of nitro benzene ring substituents is 1. The van der Waals surface area contributed by atoms with E-state index in [1.54, 1.807) is 19.1 Å². The molecule has 0 aliphatic rings. The van der Waals surface area contributed by atoms with Gasteiger partial charge in [-0.2, -0.15) is 0 Å². The van der Waals surface area contributed by atoms with Crippen LogP contribution in [0.5, 0.6) is 0 Å². The fourth-order valence-corrected chi connectivity index (χ4v) is 4.10. The molecule has 0 bridgehead atoms. The van der Waals surface area contributed by atoms with Crippen molar-refractivity contribution in [3.63, 3.8) is 0 Å². The largest absolute Gasteiger partial charge is 0.289 e. The second-order valence-corrected chi connectivity index (χ2v) is 7.47. The van der Waals surface area contributed by atoms with Gasteiger partial charge in [-0.1, -0.05) is 38.1 Å². The van der Waals surface area contributed by atoms with Crippen LogP contribution in [0.2, 0.25) is 0 Å². The molecule has 0 fully saturated rings. The molecule has 0 amide bonds. The molecule has 24 heavy (non-hydrogen) atoms. The van der Waals surface area contributed by atoms with Crippen molar-refractivity contribution in [2.75, 3.05) is 10.8 Å². The number of hydrogen-bond donors (Lipinski definition) is 0. The lowest BCUT2D eigenvalue weighted by Gasteiger charge is -2.23. The minimum absolute atomic E-state index is 0.176. The van der Waals surface area contributed by atoms with Crippen LogP contribution >= 0.6 is 0 Å². The quantitative estimate of drug-likeness (QED) is 0.585. The second kappa shape index (κ2) is 7.00. The van der Waals surface area contributed by atoms with Gasteiger partial charge in [0, 0.05) is 12.6 Å². The molecule has 0 heterocycles. The second-order valence-electron chi connectivity index (χ2n) is 5.64. The maximum absolute atomic E-state index is 12.9. The summed E-state index contributed by atoms with van der Waals surface area (Å²) in [6.45, 7) is 5.98. The molecule has 2 rings (SSSR count). The number of sulfonamides is 1. The first-order valence-corrected chi connectivity index (χ1v) is 9.09. The fraction of sp³-hybridized carbons (Fsp3) is 0.294. The molecular weight excluding hydrogens is 328 g/mol. The van der Waals surface area contributed by atoms with Gasteiger partial charge in [0.25, 0.3) is 15.7 Å². The van der Waals surface area contributed by atoms with Crippen LogP contribution in [0.3, 0.4) is 0 Å². The molecule has 0 aliphatic heterocycles. The molecule has 2 aromatic rings. The standard InChI is InChI=1S/C17H20N2O4S/c1-4-18(15-11-9-14(10-12-15)13(2)3)24(22,23)17-8-6-5-7-16(17)19(20)21/h5-13H,4H2,1-3H3. The Bertz CT molecular complexity index is 830. The smallest absolute Gasteiger partial charge is 0.266 e. The van der Waals surface area contributed by atoms with Crippen LogP contribution in [0.1, 0.15) is 32.3 Å². The fourth-order valence-electron chi connectivity index (χ4n) is 2.46. The third-order valence-electron chi connectivity index (χ3n) is 3.76. The van der Waals surface area contributed by atoms with E-state index in [0.717, 1.165) is 5.56 Å². The highest BCUT2D eigenvalue weighted by molar-refractivity contribution is 7.93. The van der Waals surface area contributed by atoms with E-state index >= 15 is 0 Å². The van der Waals surface area contributed by atoms with E-state index in [1.807, 2.05) is 12.1 Å². The average Bonchev–Trinajstić information content (AvgIpc) is 2.55. The SMILES string of the molecule is CCN(c1ccc(C(C)C)cc1)S(=O)(=O)c1ccccc1[N+](=O)[O-]. The van der Waals surface area contributed by atoms with E-state index < -0.39 is 20.6 Å². The zero-order chi connectivity index (χ0) is 17.9. The zero-order valence-corrected chi connectivity index (χ0v) is 14.7. The molecular formula is C17H20N2O4S.